The van der Waals surface area contributed by atoms with Crippen LogP contribution in [0.5, 0.6) is 0 Å². The van der Waals surface area contributed by atoms with Crippen molar-refractivity contribution >= 4 is 33.3 Å². The van der Waals surface area contributed by atoms with E-state index in [0.717, 1.165) is 66.6 Å². The molecule has 5 heteroatoms. The number of nitrogens with zero attached hydrogens (tertiary/aromatic N) is 1. The fraction of sp³-hybridized carbons (Fsp3) is 0.481. The van der Waals surface area contributed by atoms with Crippen molar-refractivity contribution in [2.45, 2.75) is 46.0 Å². The molecule has 170 valence electrons. The van der Waals surface area contributed by atoms with Crippen molar-refractivity contribution in [3.63, 3.8) is 0 Å². The molecule has 4 rings (SSSR count). The fourth-order valence-electron chi connectivity index (χ4n) is 4.67. The molecular weight excluding hydrogens is 402 g/mol. The van der Waals surface area contributed by atoms with E-state index in [0.29, 0.717) is 12.8 Å². The first-order valence-electron chi connectivity index (χ1n) is 11.7. The Labute approximate surface area is 189 Å². The van der Waals surface area contributed by atoms with Gasteiger partial charge in [0.05, 0.1) is 19.5 Å². The predicted octanol–water partition coefficient (Wildman–Crippen LogP) is 5.14. The summed E-state index contributed by atoms with van der Waals surface area (Å²) in [7, 11) is 0. The van der Waals surface area contributed by atoms with Gasteiger partial charge in [-0.05, 0) is 42.2 Å². The van der Waals surface area contributed by atoms with Crippen molar-refractivity contribution < 1.29 is 18.7 Å². The number of carbonyl (C=O) groups is 2. The van der Waals surface area contributed by atoms with Crippen molar-refractivity contribution in [3.8, 4) is 0 Å². The van der Waals surface area contributed by atoms with Crippen LogP contribution in [-0.2, 0) is 20.7 Å². The van der Waals surface area contributed by atoms with Gasteiger partial charge in [-0.2, -0.15) is 0 Å². The van der Waals surface area contributed by atoms with Crippen LogP contribution < -0.4 is 0 Å². The summed E-state index contributed by atoms with van der Waals surface area (Å²) in [5, 5.41) is 3.26. The third-order valence-corrected chi connectivity index (χ3v) is 6.54. The highest BCUT2D eigenvalue weighted by Gasteiger charge is 2.27. The van der Waals surface area contributed by atoms with Gasteiger partial charge in [0.25, 0.3) is 0 Å². The van der Waals surface area contributed by atoms with E-state index in [1.165, 1.54) is 5.56 Å². The summed E-state index contributed by atoms with van der Waals surface area (Å²) in [5.41, 5.74) is 3.00. The zero-order chi connectivity index (χ0) is 22.7. The lowest BCUT2D eigenvalue weighted by atomic mass is 9.84. The molecule has 2 aromatic carbocycles. The first-order chi connectivity index (χ1) is 15.4. The number of carbonyl (C=O) groups excluding carboxylic acids is 2. The van der Waals surface area contributed by atoms with Crippen LogP contribution in [-0.4, -0.2) is 49.3 Å². The van der Waals surface area contributed by atoms with E-state index in [1.807, 2.05) is 19.9 Å². The Morgan fingerprint density at radius 2 is 1.88 bits per heavy atom. The Bertz CT molecular complexity index is 1110. The zero-order valence-corrected chi connectivity index (χ0v) is 19.4. The van der Waals surface area contributed by atoms with Crippen LogP contribution in [0.25, 0.3) is 21.7 Å². The lowest BCUT2D eigenvalue weighted by Gasteiger charge is -2.26. The van der Waals surface area contributed by atoms with E-state index in [9.17, 15) is 9.59 Å². The smallest absolute Gasteiger partial charge is 0.143 e. The quantitative estimate of drug-likeness (QED) is 0.466. The summed E-state index contributed by atoms with van der Waals surface area (Å²) >= 11 is 0. The first-order valence-corrected chi connectivity index (χ1v) is 11.7. The number of rotatable bonds is 9. The Morgan fingerprint density at radius 3 is 2.59 bits per heavy atom. The number of ketones is 2. The number of hydrogen-bond acceptors (Lipinski definition) is 5. The summed E-state index contributed by atoms with van der Waals surface area (Å²) in [6.07, 6.45) is 3.64. The van der Waals surface area contributed by atoms with Crippen LogP contribution >= 0.6 is 0 Å². The topological polar surface area (TPSA) is 59.8 Å². The molecule has 1 saturated heterocycles. The summed E-state index contributed by atoms with van der Waals surface area (Å²) in [6.45, 7) is 10.1. The highest BCUT2D eigenvalue weighted by Crippen LogP contribution is 2.37. The molecule has 1 fully saturated rings. The van der Waals surface area contributed by atoms with Gasteiger partial charge in [-0.25, -0.2) is 0 Å². The first kappa shape index (κ1) is 22.7. The minimum Gasteiger partial charge on any atom is -0.464 e. The van der Waals surface area contributed by atoms with E-state index >= 15 is 0 Å². The summed E-state index contributed by atoms with van der Waals surface area (Å²) < 4.78 is 11.3. The second kappa shape index (κ2) is 9.97. The van der Waals surface area contributed by atoms with E-state index in [4.69, 9.17) is 9.15 Å². The fourth-order valence-corrected chi connectivity index (χ4v) is 4.67. The normalized spacial score (nSPS) is 16.1. The average molecular weight is 436 g/mol. The molecule has 1 aliphatic rings. The largest absolute Gasteiger partial charge is 0.464 e. The molecule has 1 atom stereocenters. The average Bonchev–Trinajstić information content (AvgIpc) is 3.22. The third-order valence-electron chi connectivity index (χ3n) is 6.54. The number of morpholine rings is 1. The monoisotopic (exact) mass is 435 g/mol. The minimum absolute atomic E-state index is 0.0984. The van der Waals surface area contributed by atoms with Crippen molar-refractivity contribution in [2.24, 2.45) is 5.92 Å². The number of hydrogen-bond donors (Lipinski definition) is 0. The molecule has 1 aromatic heterocycles. The molecule has 0 spiro atoms. The van der Waals surface area contributed by atoms with Gasteiger partial charge in [0.2, 0.25) is 0 Å². The third kappa shape index (κ3) is 4.94. The van der Waals surface area contributed by atoms with Crippen LogP contribution in [0.15, 0.2) is 41.0 Å². The second-order valence-electron chi connectivity index (χ2n) is 9.24. The Hall–Kier alpha value is -2.50. The molecule has 32 heavy (non-hydrogen) atoms. The molecule has 0 radical (unpaired) electrons. The molecule has 0 amide bonds. The summed E-state index contributed by atoms with van der Waals surface area (Å²) in [5.74, 6) is -0.160. The highest BCUT2D eigenvalue weighted by molar-refractivity contribution is 6.09. The molecule has 0 N–H and O–H groups in total. The molecule has 3 aromatic rings. The zero-order valence-electron chi connectivity index (χ0n) is 19.4. The van der Waals surface area contributed by atoms with Crippen molar-refractivity contribution in [2.75, 3.05) is 32.8 Å². The molecule has 1 unspecified atom stereocenters. The van der Waals surface area contributed by atoms with E-state index in [1.54, 1.807) is 13.2 Å². The number of ether oxygens (including phenoxy) is 1. The van der Waals surface area contributed by atoms with Gasteiger partial charge in [0.15, 0.2) is 0 Å². The maximum Gasteiger partial charge on any atom is 0.143 e. The second-order valence-corrected chi connectivity index (χ2v) is 9.24. The van der Waals surface area contributed by atoms with Crippen LogP contribution in [0.3, 0.4) is 0 Å². The molecule has 2 heterocycles. The summed E-state index contributed by atoms with van der Waals surface area (Å²) in [4.78, 5) is 27.2. The number of fused-ring (bicyclic) bond motifs is 3. The van der Waals surface area contributed by atoms with E-state index in [2.05, 4.69) is 29.2 Å². The maximum absolute atomic E-state index is 13.1. The Balaban J connectivity index is 1.66. The summed E-state index contributed by atoms with van der Waals surface area (Å²) in [6, 6.07) is 10.7. The lowest BCUT2D eigenvalue weighted by molar-refractivity contribution is -0.123. The molecular formula is C27H33NO4. The van der Waals surface area contributed by atoms with Gasteiger partial charge in [0.1, 0.15) is 17.1 Å². The predicted molar refractivity (Wildman–Crippen MR) is 127 cm³/mol. The van der Waals surface area contributed by atoms with Crippen molar-refractivity contribution in [1.29, 1.82) is 0 Å². The minimum atomic E-state index is -0.327. The Kier molecular flexibility index (Phi) is 7.07. The number of benzene rings is 2. The highest BCUT2D eigenvalue weighted by atomic mass is 16.5. The molecule has 0 aliphatic carbocycles. The lowest BCUT2D eigenvalue weighted by Crippen LogP contribution is -2.37. The molecule has 5 nitrogen and oxygen atoms in total. The van der Waals surface area contributed by atoms with Crippen LogP contribution in [0, 0.1) is 5.92 Å². The van der Waals surface area contributed by atoms with Crippen molar-refractivity contribution in [1.82, 2.24) is 4.90 Å². The van der Waals surface area contributed by atoms with Crippen LogP contribution in [0.1, 0.15) is 50.7 Å². The van der Waals surface area contributed by atoms with Gasteiger partial charge >= 0.3 is 0 Å². The number of Topliss-reactive ketones (excluding diaryl/α,β-unsaturated/α-hetero) is 2. The van der Waals surface area contributed by atoms with Gasteiger partial charge in [-0.15, -0.1) is 0 Å². The Morgan fingerprint density at radius 1 is 1.09 bits per heavy atom. The van der Waals surface area contributed by atoms with E-state index in [-0.39, 0.29) is 23.4 Å². The van der Waals surface area contributed by atoms with Gasteiger partial charge in [-0.1, -0.05) is 38.1 Å². The van der Waals surface area contributed by atoms with Crippen LogP contribution in [0.2, 0.25) is 0 Å². The van der Waals surface area contributed by atoms with Gasteiger partial charge < -0.3 is 13.9 Å². The maximum atomic E-state index is 13.1. The standard InChI is InChI=1S/C27H33NO4/c1-18(2)27(30)23(7-4-19(3)29)24-17-32-25-9-6-21-16-20(5-8-22(21)26(24)25)10-11-28-12-14-31-15-13-28/h5-6,8-9,16-18,23H,4,7,10-15H2,1-3H3. The number of furan rings is 1. The van der Waals surface area contributed by atoms with Gasteiger partial charge in [0, 0.05) is 48.8 Å². The van der Waals surface area contributed by atoms with Gasteiger partial charge in [-0.3, -0.25) is 9.69 Å². The molecule has 1 aliphatic heterocycles. The van der Waals surface area contributed by atoms with Crippen LogP contribution in [0.4, 0.5) is 0 Å². The van der Waals surface area contributed by atoms with Crippen molar-refractivity contribution in [3.05, 3.63) is 47.7 Å². The van der Waals surface area contributed by atoms with E-state index < -0.39 is 0 Å². The molecule has 0 saturated carbocycles. The molecule has 0 bridgehead atoms. The SMILES string of the molecule is CC(=O)CCC(C(=O)C(C)C)c1coc2ccc3cc(CCN4CCOCC4)ccc3c12.